The van der Waals surface area contributed by atoms with Crippen molar-refractivity contribution in [3.8, 4) is 0 Å². The zero-order valence-electron chi connectivity index (χ0n) is 8.57. The van der Waals surface area contributed by atoms with Crippen LogP contribution in [0.4, 0.5) is 0 Å². The zero-order valence-corrected chi connectivity index (χ0v) is 8.57. The van der Waals surface area contributed by atoms with E-state index in [0.717, 1.165) is 18.4 Å². The number of hydrogen-bond donors (Lipinski definition) is 1. The molecule has 0 bridgehead atoms. The van der Waals surface area contributed by atoms with Gasteiger partial charge in [0.25, 0.3) is 0 Å². The average Bonchev–Trinajstić information content (AvgIpc) is 2.26. The van der Waals surface area contributed by atoms with Gasteiger partial charge in [-0.3, -0.25) is 0 Å². The predicted molar refractivity (Wildman–Crippen MR) is 59.8 cm³/mol. The van der Waals surface area contributed by atoms with Crippen LogP contribution < -0.4 is 0 Å². The molecule has 15 heavy (non-hydrogen) atoms. The molecule has 0 aliphatic heterocycles. The third-order valence-corrected chi connectivity index (χ3v) is 2.84. The standard InChI is InChI=1S/C13H14O2/c14-13(15)9-8-11-6-3-5-10-4-1-2-7-12(10)11/h3,5-6,8-9H,1-2,4,7H2,(H,14,15). The minimum atomic E-state index is -0.886. The lowest BCUT2D eigenvalue weighted by Crippen LogP contribution is -2.04. The van der Waals surface area contributed by atoms with Crippen LogP contribution in [0.1, 0.15) is 29.5 Å². The molecule has 0 amide bonds. The van der Waals surface area contributed by atoms with Crippen LogP contribution in [0.15, 0.2) is 24.3 Å². The zero-order chi connectivity index (χ0) is 10.7. The molecule has 0 unspecified atom stereocenters. The quantitative estimate of drug-likeness (QED) is 0.748. The molecule has 1 aliphatic carbocycles. The summed E-state index contributed by atoms with van der Waals surface area (Å²) >= 11 is 0. The molecule has 2 nitrogen and oxygen atoms in total. The van der Waals surface area contributed by atoms with Gasteiger partial charge in [-0.05, 0) is 48.4 Å². The van der Waals surface area contributed by atoms with Crippen molar-refractivity contribution in [1.29, 1.82) is 0 Å². The summed E-state index contributed by atoms with van der Waals surface area (Å²) < 4.78 is 0. The number of aryl methyl sites for hydroxylation is 1. The topological polar surface area (TPSA) is 37.3 Å². The summed E-state index contributed by atoms with van der Waals surface area (Å²) in [5.41, 5.74) is 3.78. The third kappa shape index (κ3) is 2.27. The van der Waals surface area contributed by atoms with Crippen molar-refractivity contribution >= 4 is 12.0 Å². The highest BCUT2D eigenvalue weighted by Gasteiger charge is 2.10. The summed E-state index contributed by atoms with van der Waals surface area (Å²) in [4.78, 5) is 10.5. The Morgan fingerprint density at radius 3 is 2.87 bits per heavy atom. The highest BCUT2D eigenvalue weighted by Crippen LogP contribution is 2.25. The van der Waals surface area contributed by atoms with E-state index in [-0.39, 0.29) is 0 Å². The molecule has 1 N–H and O–H groups in total. The van der Waals surface area contributed by atoms with Crippen LogP contribution in [0.25, 0.3) is 6.08 Å². The molecular formula is C13H14O2. The molecule has 0 atom stereocenters. The lowest BCUT2D eigenvalue weighted by Gasteiger charge is -2.17. The molecule has 2 heteroatoms. The Morgan fingerprint density at radius 2 is 2.07 bits per heavy atom. The molecular weight excluding hydrogens is 188 g/mol. The first-order valence-electron chi connectivity index (χ1n) is 5.29. The Hall–Kier alpha value is -1.57. The number of benzene rings is 1. The van der Waals surface area contributed by atoms with Gasteiger partial charge >= 0.3 is 5.97 Å². The largest absolute Gasteiger partial charge is 0.478 e. The molecule has 2 rings (SSSR count). The third-order valence-electron chi connectivity index (χ3n) is 2.84. The summed E-state index contributed by atoms with van der Waals surface area (Å²) in [7, 11) is 0. The van der Waals surface area contributed by atoms with Crippen LogP contribution in [-0.2, 0) is 17.6 Å². The smallest absolute Gasteiger partial charge is 0.328 e. The van der Waals surface area contributed by atoms with E-state index in [2.05, 4.69) is 6.07 Å². The van der Waals surface area contributed by atoms with Gasteiger partial charge in [-0.1, -0.05) is 18.2 Å². The highest BCUT2D eigenvalue weighted by molar-refractivity contribution is 5.85. The SMILES string of the molecule is O=C(O)C=Cc1cccc2c1CCCC2. The van der Waals surface area contributed by atoms with E-state index in [9.17, 15) is 4.79 Å². The fourth-order valence-corrected chi connectivity index (χ4v) is 2.13. The minimum Gasteiger partial charge on any atom is -0.478 e. The van der Waals surface area contributed by atoms with E-state index in [0.29, 0.717) is 0 Å². The van der Waals surface area contributed by atoms with E-state index in [1.54, 1.807) is 6.08 Å². The summed E-state index contributed by atoms with van der Waals surface area (Å²) in [6, 6.07) is 6.14. The van der Waals surface area contributed by atoms with Crippen molar-refractivity contribution in [3.05, 3.63) is 41.0 Å². The van der Waals surface area contributed by atoms with Crippen molar-refractivity contribution in [1.82, 2.24) is 0 Å². The number of rotatable bonds is 2. The number of carbonyl (C=O) groups is 1. The molecule has 1 aliphatic rings. The van der Waals surface area contributed by atoms with E-state index in [1.807, 2.05) is 12.1 Å². The maximum Gasteiger partial charge on any atom is 0.328 e. The molecule has 0 saturated carbocycles. The minimum absolute atomic E-state index is 0.886. The van der Waals surface area contributed by atoms with E-state index < -0.39 is 5.97 Å². The van der Waals surface area contributed by atoms with Gasteiger partial charge < -0.3 is 5.11 Å². The van der Waals surface area contributed by atoms with Crippen molar-refractivity contribution in [3.63, 3.8) is 0 Å². The molecule has 0 spiro atoms. The first kappa shape index (κ1) is 9.97. The van der Waals surface area contributed by atoms with Gasteiger partial charge in [0.15, 0.2) is 0 Å². The molecule has 0 radical (unpaired) electrons. The highest BCUT2D eigenvalue weighted by atomic mass is 16.4. The van der Waals surface area contributed by atoms with E-state index in [4.69, 9.17) is 5.11 Å². The number of carboxylic acid groups (broad SMARTS) is 1. The summed E-state index contributed by atoms with van der Waals surface area (Å²) in [5, 5.41) is 8.59. The lowest BCUT2D eigenvalue weighted by atomic mass is 9.88. The maximum atomic E-state index is 10.5. The average molecular weight is 202 g/mol. The van der Waals surface area contributed by atoms with Gasteiger partial charge in [-0.2, -0.15) is 0 Å². The van der Waals surface area contributed by atoms with Crippen LogP contribution in [0.3, 0.4) is 0 Å². The fourth-order valence-electron chi connectivity index (χ4n) is 2.13. The van der Waals surface area contributed by atoms with Gasteiger partial charge in [-0.15, -0.1) is 0 Å². The molecule has 0 aromatic heterocycles. The lowest BCUT2D eigenvalue weighted by molar-refractivity contribution is -0.131. The van der Waals surface area contributed by atoms with Crippen LogP contribution in [0, 0.1) is 0 Å². The Labute approximate surface area is 89.2 Å². The Balaban J connectivity index is 2.35. The van der Waals surface area contributed by atoms with Crippen LogP contribution in [0.5, 0.6) is 0 Å². The van der Waals surface area contributed by atoms with Gasteiger partial charge in [0.1, 0.15) is 0 Å². The number of aliphatic carboxylic acids is 1. The summed E-state index contributed by atoms with van der Waals surface area (Å²) in [6.45, 7) is 0. The normalized spacial score (nSPS) is 15.2. The number of carboxylic acids is 1. The first-order chi connectivity index (χ1) is 7.27. The second kappa shape index (κ2) is 4.30. The second-order valence-corrected chi connectivity index (χ2v) is 3.86. The van der Waals surface area contributed by atoms with Crippen LogP contribution in [0.2, 0.25) is 0 Å². The van der Waals surface area contributed by atoms with Gasteiger partial charge in [-0.25, -0.2) is 4.79 Å². The Bertz CT molecular complexity index is 405. The molecule has 0 heterocycles. The summed E-state index contributed by atoms with van der Waals surface area (Å²) in [5.74, 6) is -0.886. The predicted octanol–water partition coefficient (Wildman–Crippen LogP) is 2.66. The fraction of sp³-hybridized carbons (Fsp3) is 0.308. The van der Waals surface area contributed by atoms with Gasteiger partial charge in [0.05, 0.1) is 0 Å². The van der Waals surface area contributed by atoms with Crippen LogP contribution >= 0.6 is 0 Å². The van der Waals surface area contributed by atoms with Crippen molar-refractivity contribution in [2.24, 2.45) is 0 Å². The van der Waals surface area contributed by atoms with Crippen molar-refractivity contribution < 1.29 is 9.90 Å². The molecule has 78 valence electrons. The van der Waals surface area contributed by atoms with Crippen molar-refractivity contribution in [2.45, 2.75) is 25.7 Å². The first-order valence-corrected chi connectivity index (χ1v) is 5.29. The Kier molecular flexibility index (Phi) is 2.86. The molecule has 1 aromatic carbocycles. The number of hydrogen-bond acceptors (Lipinski definition) is 1. The molecule has 0 saturated heterocycles. The number of fused-ring (bicyclic) bond motifs is 1. The maximum absolute atomic E-state index is 10.5. The molecule has 1 aromatic rings. The molecule has 0 fully saturated rings. The van der Waals surface area contributed by atoms with Gasteiger partial charge in [0, 0.05) is 6.08 Å². The van der Waals surface area contributed by atoms with Crippen molar-refractivity contribution in [2.75, 3.05) is 0 Å². The van der Waals surface area contributed by atoms with Gasteiger partial charge in [0.2, 0.25) is 0 Å². The Morgan fingerprint density at radius 1 is 1.27 bits per heavy atom. The second-order valence-electron chi connectivity index (χ2n) is 3.86. The summed E-state index contributed by atoms with van der Waals surface area (Å²) in [6.07, 6.45) is 7.58. The van der Waals surface area contributed by atoms with Crippen LogP contribution in [-0.4, -0.2) is 11.1 Å². The monoisotopic (exact) mass is 202 g/mol. The van der Waals surface area contributed by atoms with E-state index >= 15 is 0 Å². The van der Waals surface area contributed by atoms with E-state index in [1.165, 1.54) is 30.0 Å².